The van der Waals surface area contributed by atoms with Gasteiger partial charge in [-0.2, -0.15) is 0 Å². The van der Waals surface area contributed by atoms with Crippen molar-refractivity contribution in [2.75, 3.05) is 32.9 Å². The van der Waals surface area contributed by atoms with E-state index in [4.69, 9.17) is 0 Å². The smallest absolute Gasteiger partial charge is 0.0897 e. The van der Waals surface area contributed by atoms with Gasteiger partial charge in [0.2, 0.25) is 0 Å². The lowest BCUT2D eigenvalue weighted by molar-refractivity contribution is 0.0582. The van der Waals surface area contributed by atoms with E-state index in [1.165, 1.54) is 25.7 Å². The summed E-state index contributed by atoms with van der Waals surface area (Å²) < 4.78 is 12.4. The van der Waals surface area contributed by atoms with Gasteiger partial charge in [0.1, 0.15) is 0 Å². The van der Waals surface area contributed by atoms with Crippen molar-refractivity contribution in [1.29, 1.82) is 0 Å². The van der Waals surface area contributed by atoms with Crippen molar-refractivity contribution < 1.29 is 9.50 Å². The van der Waals surface area contributed by atoms with Crippen LogP contribution in [0.25, 0.3) is 0 Å². The molecular formula is C18H35FN2O. The quantitative estimate of drug-likeness (QED) is 0.782. The molecule has 2 aliphatic rings. The topological polar surface area (TPSA) is 26.7 Å². The highest BCUT2D eigenvalue weighted by Crippen LogP contribution is 2.24. The molecule has 0 spiro atoms. The Labute approximate surface area is 135 Å². The van der Waals surface area contributed by atoms with E-state index in [1.807, 2.05) is 0 Å². The Morgan fingerprint density at radius 1 is 0.909 bits per heavy atom. The van der Waals surface area contributed by atoms with Crippen molar-refractivity contribution in [3.63, 3.8) is 0 Å². The first-order chi connectivity index (χ1) is 10.6. The summed E-state index contributed by atoms with van der Waals surface area (Å²) in [6.45, 7) is 8.92. The minimum absolute atomic E-state index is 0.0759. The van der Waals surface area contributed by atoms with E-state index in [2.05, 4.69) is 23.6 Å². The van der Waals surface area contributed by atoms with Crippen molar-refractivity contribution in [1.82, 2.24) is 9.80 Å². The minimum Gasteiger partial charge on any atom is -0.393 e. The zero-order valence-corrected chi connectivity index (χ0v) is 14.5. The number of aliphatic hydroxyl groups is 1. The van der Waals surface area contributed by atoms with Gasteiger partial charge in [0, 0.05) is 25.2 Å². The number of nitrogens with zero attached hydrogens (tertiary/aromatic N) is 2. The molecule has 0 bridgehead atoms. The Hall–Kier alpha value is -0.190. The van der Waals surface area contributed by atoms with Gasteiger partial charge < -0.3 is 14.9 Å². The van der Waals surface area contributed by atoms with Crippen LogP contribution in [0.5, 0.6) is 0 Å². The number of piperidine rings is 2. The van der Waals surface area contributed by atoms with Crippen molar-refractivity contribution in [2.24, 2.45) is 5.92 Å². The maximum Gasteiger partial charge on any atom is 0.0897 e. The minimum atomic E-state index is -0.151. The van der Waals surface area contributed by atoms with Gasteiger partial charge in [0.25, 0.3) is 0 Å². The first-order valence-corrected chi connectivity index (χ1v) is 9.32. The average Bonchev–Trinajstić information content (AvgIpc) is 2.54. The molecule has 22 heavy (non-hydrogen) atoms. The molecule has 2 saturated heterocycles. The van der Waals surface area contributed by atoms with Crippen LogP contribution in [0.15, 0.2) is 0 Å². The number of hydrogen-bond donors (Lipinski definition) is 1. The third-order valence-corrected chi connectivity index (χ3v) is 5.91. The van der Waals surface area contributed by atoms with Crippen LogP contribution in [0.3, 0.4) is 0 Å². The molecule has 0 aromatic carbocycles. The molecule has 2 atom stereocenters. The van der Waals surface area contributed by atoms with Crippen molar-refractivity contribution in [3.05, 3.63) is 0 Å². The number of alkyl halides is 1. The zero-order valence-electron chi connectivity index (χ0n) is 14.5. The van der Waals surface area contributed by atoms with Crippen LogP contribution in [-0.2, 0) is 0 Å². The second-order valence-corrected chi connectivity index (χ2v) is 7.50. The second kappa shape index (κ2) is 9.19. The summed E-state index contributed by atoms with van der Waals surface area (Å²) in [6.07, 6.45) is 7.38. The van der Waals surface area contributed by atoms with Crippen LogP contribution in [-0.4, -0.2) is 65.9 Å². The van der Waals surface area contributed by atoms with Crippen LogP contribution in [0.4, 0.5) is 4.39 Å². The van der Waals surface area contributed by atoms with Crippen LogP contribution < -0.4 is 0 Å². The van der Waals surface area contributed by atoms with E-state index in [-0.39, 0.29) is 12.8 Å². The molecule has 130 valence electrons. The summed E-state index contributed by atoms with van der Waals surface area (Å²) in [7, 11) is 0. The van der Waals surface area contributed by atoms with Crippen molar-refractivity contribution in [3.8, 4) is 0 Å². The molecule has 2 heterocycles. The van der Waals surface area contributed by atoms with Gasteiger partial charge in [-0.1, -0.05) is 0 Å². The summed E-state index contributed by atoms with van der Waals surface area (Å²) in [4.78, 5) is 5.13. The van der Waals surface area contributed by atoms with Crippen LogP contribution >= 0.6 is 0 Å². The van der Waals surface area contributed by atoms with Crippen molar-refractivity contribution >= 4 is 0 Å². The summed E-state index contributed by atoms with van der Waals surface area (Å²) in [6, 6.07) is 1.27. The Balaban J connectivity index is 1.64. The molecule has 3 nitrogen and oxygen atoms in total. The van der Waals surface area contributed by atoms with E-state index in [1.54, 1.807) is 0 Å². The molecule has 0 amide bonds. The highest BCUT2D eigenvalue weighted by Gasteiger charge is 2.25. The Morgan fingerprint density at radius 3 is 1.82 bits per heavy atom. The van der Waals surface area contributed by atoms with E-state index in [0.717, 1.165) is 45.4 Å². The predicted octanol–water partition coefficient (Wildman–Crippen LogP) is 3.07. The first-order valence-electron chi connectivity index (χ1n) is 9.32. The Bertz CT molecular complexity index is 299. The van der Waals surface area contributed by atoms with E-state index in [0.29, 0.717) is 18.0 Å². The molecule has 0 saturated carbocycles. The molecule has 0 aromatic rings. The zero-order chi connectivity index (χ0) is 15.9. The van der Waals surface area contributed by atoms with E-state index in [9.17, 15) is 9.50 Å². The third kappa shape index (κ3) is 5.47. The van der Waals surface area contributed by atoms with Gasteiger partial charge >= 0.3 is 0 Å². The second-order valence-electron chi connectivity index (χ2n) is 7.50. The van der Waals surface area contributed by atoms with Gasteiger partial charge in [-0.15, -0.1) is 0 Å². The van der Waals surface area contributed by atoms with Gasteiger partial charge in [-0.05, 0) is 77.8 Å². The fraction of sp³-hybridized carbons (Fsp3) is 1.00. The molecule has 4 heteroatoms. The lowest BCUT2D eigenvalue weighted by Crippen LogP contribution is -2.43. The van der Waals surface area contributed by atoms with Crippen LogP contribution in [0, 0.1) is 5.92 Å². The number of likely N-dealkylation sites (tertiary alicyclic amines) is 2. The monoisotopic (exact) mass is 314 g/mol. The van der Waals surface area contributed by atoms with Gasteiger partial charge in [-0.3, -0.25) is 4.39 Å². The molecule has 0 radical (unpaired) electrons. The molecule has 0 aliphatic carbocycles. The fourth-order valence-corrected chi connectivity index (χ4v) is 4.01. The molecule has 2 unspecified atom stereocenters. The lowest BCUT2D eigenvalue weighted by atomic mass is 9.92. The Kier molecular flexibility index (Phi) is 7.58. The van der Waals surface area contributed by atoms with E-state index < -0.39 is 0 Å². The normalized spacial score (nSPS) is 26.2. The first kappa shape index (κ1) is 18.2. The summed E-state index contributed by atoms with van der Waals surface area (Å²) in [5.74, 6) is 0.618. The fourth-order valence-electron chi connectivity index (χ4n) is 4.01. The van der Waals surface area contributed by atoms with Gasteiger partial charge in [-0.25, -0.2) is 0 Å². The summed E-state index contributed by atoms with van der Waals surface area (Å²) >= 11 is 0. The maximum atomic E-state index is 12.4. The molecular weight excluding hydrogens is 279 g/mol. The van der Waals surface area contributed by atoms with Gasteiger partial charge in [0.05, 0.1) is 12.8 Å². The number of hydrogen-bond acceptors (Lipinski definition) is 3. The third-order valence-electron chi connectivity index (χ3n) is 5.91. The standard InChI is InChI=1S/C18H35FN2O/c1-15(20-11-6-17(5-10-19)7-12-20)3-4-16(2)21-13-8-18(22)9-14-21/h15-18,22H,3-14H2,1-2H3. The highest BCUT2D eigenvalue weighted by atomic mass is 19.1. The number of halogens is 1. The van der Waals surface area contributed by atoms with Crippen LogP contribution in [0.1, 0.15) is 58.8 Å². The molecule has 2 rings (SSSR count). The summed E-state index contributed by atoms with van der Waals surface area (Å²) in [5.41, 5.74) is 0. The predicted molar refractivity (Wildman–Crippen MR) is 89.9 cm³/mol. The average molecular weight is 314 g/mol. The molecule has 0 aromatic heterocycles. The molecule has 1 N–H and O–H groups in total. The molecule has 2 fully saturated rings. The largest absolute Gasteiger partial charge is 0.393 e. The van der Waals surface area contributed by atoms with Gasteiger partial charge in [0.15, 0.2) is 0 Å². The number of aliphatic hydroxyl groups excluding tert-OH is 1. The van der Waals surface area contributed by atoms with E-state index >= 15 is 0 Å². The Morgan fingerprint density at radius 2 is 1.36 bits per heavy atom. The maximum absolute atomic E-state index is 12.4. The number of rotatable bonds is 7. The highest BCUT2D eigenvalue weighted by molar-refractivity contribution is 4.80. The SMILES string of the molecule is CC(CCC(C)N1CCC(CCF)CC1)N1CCC(O)CC1. The van der Waals surface area contributed by atoms with Crippen LogP contribution in [0.2, 0.25) is 0 Å². The van der Waals surface area contributed by atoms with Crippen molar-refractivity contribution in [2.45, 2.75) is 77.0 Å². The molecule has 2 aliphatic heterocycles. The summed E-state index contributed by atoms with van der Waals surface area (Å²) in [5, 5.41) is 9.60. The lowest BCUT2D eigenvalue weighted by Gasteiger charge is -2.38.